The summed E-state index contributed by atoms with van der Waals surface area (Å²) < 4.78 is 16.6. The first-order valence-corrected chi connectivity index (χ1v) is 9.29. The van der Waals surface area contributed by atoms with Crippen LogP contribution < -0.4 is 10.1 Å². The van der Waals surface area contributed by atoms with Crippen molar-refractivity contribution in [2.75, 3.05) is 26.1 Å². The Bertz CT molecular complexity index is 1180. The summed E-state index contributed by atoms with van der Waals surface area (Å²) in [5.74, 6) is -1.56. The molecule has 3 rings (SSSR count). The second-order valence-electron chi connectivity index (χ2n) is 6.79. The first kappa shape index (κ1) is 21.8. The van der Waals surface area contributed by atoms with Gasteiger partial charge in [0.05, 0.1) is 36.4 Å². The zero-order chi connectivity index (χ0) is 22.7. The third kappa shape index (κ3) is 4.47. The number of nitrogens with zero attached hydrogens (tertiary/aromatic N) is 3. The highest BCUT2D eigenvalue weighted by atomic mass is 16.5. The van der Waals surface area contributed by atoms with Gasteiger partial charge in [0.25, 0.3) is 5.91 Å². The van der Waals surface area contributed by atoms with Gasteiger partial charge in [0.15, 0.2) is 12.3 Å². The van der Waals surface area contributed by atoms with E-state index in [9.17, 15) is 14.4 Å². The highest BCUT2D eigenvalue weighted by molar-refractivity contribution is 6.03. The van der Waals surface area contributed by atoms with Crippen LogP contribution in [-0.2, 0) is 21.3 Å². The Labute approximate surface area is 178 Å². The second-order valence-corrected chi connectivity index (χ2v) is 6.79. The van der Waals surface area contributed by atoms with E-state index in [0.29, 0.717) is 11.0 Å². The maximum absolute atomic E-state index is 12.5. The summed E-state index contributed by atoms with van der Waals surface area (Å²) >= 11 is 0. The monoisotopic (exact) mass is 426 g/mol. The SMILES string of the molecule is COC(=O)c1ccc(C(=O)OC)c(NC(=O)COc2nn(C)c3nc(C)cc(C)c23)c1. The molecule has 0 bridgehead atoms. The van der Waals surface area contributed by atoms with Crippen molar-refractivity contribution in [2.45, 2.75) is 13.8 Å². The number of methoxy groups -OCH3 is 2. The van der Waals surface area contributed by atoms with Gasteiger partial charge in [-0.3, -0.25) is 4.79 Å². The number of nitrogens with one attached hydrogen (secondary N) is 1. The van der Waals surface area contributed by atoms with Crippen LogP contribution in [-0.4, -0.2) is 53.4 Å². The van der Waals surface area contributed by atoms with Crippen molar-refractivity contribution in [3.8, 4) is 5.88 Å². The Morgan fingerprint density at radius 2 is 1.77 bits per heavy atom. The maximum atomic E-state index is 12.5. The molecule has 0 aliphatic carbocycles. The van der Waals surface area contributed by atoms with Crippen molar-refractivity contribution in [3.63, 3.8) is 0 Å². The molecule has 1 N–H and O–H groups in total. The van der Waals surface area contributed by atoms with Gasteiger partial charge < -0.3 is 19.5 Å². The minimum Gasteiger partial charge on any atom is -0.466 e. The molecule has 0 unspecified atom stereocenters. The summed E-state index contributed by atoms with van der Waals surface area (Å²) in [7, 11) is 4.19. The Morgan fingerprint density at radius 3 is 2.45 bits per heavy atom. The lowest BCUT2D eigenvalue weighted by Gasteiger charge is -2.11. The van der Waals surface area contributed by atoms with Crippen LogP contribution >= 0.6 is 0 Å². The maximum Gasteiger partial charge on any atom is 0.339 e. The number of carbonyl (C=O) groups excluding carboxylic acids is 3. The Morgan fingerprint density at radius 1 is 1.06 bits per heavy atom. The van der Waals surface area contributed by atoms with E-state index in [2.05, 4.69) is 20.1 Å². The summed E-state index contributed by atoms with van der Waals surface area (Å²) in [5.41, 5.74) is 2.76. The largest absolute Gasteiger partial charge is 0.466 e. The number of fused-ring (bicyclic) bond motifs is 1. The summed E-state index contributed by atoms with van der Waals surface area (Å²) in [6, 6.07) is 6.01. The number of esters is 2. The molecule has 1 amide bonds. The Hall–Kier alpha value is -3.95. The molecule has 10 heteroatoms. The fourth-order valence-corrected chi connectivity index (χ4v) is 3.15. The molecule has 0 aliphatic rings. The summed E-state index contributed by atoms with van der Waals surface area (Å²) in [5, 5.41) is 7.58. The third-order valence-electron chi connectivity index (χ3n) is 4.55. The highest BCUT2D eigenvalue weighted by Crippen LogP contribution is 2.27. The van der Waals surface area contributed by atoms with Crippen molar-refractivity contribution in [2.24, 2.45) is 7.05 Å². The van der Waals surface area contributed by atoms with E-state index in [-0.39, 0.29) is 29.3 Å². The molecule has 2 heterocycles. The molecule has 31 heavy (non-hydrogen) atoms. The van der Waals surface area contributed by atoms with E-state index in [0.717, 1.165) is 11.3 Å². The summed E-state index contributed by atoms with van der Waals surface area (Å²) in [6.07, 6.45) is 0. The van der Waals surface area contributed by atoms with Crippen molar-refractivity contribution in [1.29, 1.82) is 0 Å². The average Bonchev–Trinajstić information content (AvgIpc) is 3.06. The molecule has 0 spiro atoms. The number of aromatic nitrogens is 3. The number of aryl methyl sites for hydroxylation is 3. The number of rotatable bonds is 6. The van der Waals surface area contributed by atoms with Crippen LogP contribution in [0.15, 0.2) is 24.3 Å². The number of hydrogen-bond acceptors (Lipinski definition) is 8. The lowest BCUT2D eigenvalue weighted by molar-refractivity contribution is -0.118. The molecule has 3 aromatic rings. The number of pyridine rings is 1. The Kier molecular flexibility index (Phi) is 6.19. The Balaban J connectivity index is 1.82. The highest BCUT2D eigenvalue weighted by Gasteiger charge is 2.19. The zero-order valence-electron chi connectivity index (χ0n) is 17.8. The molecule has 0 aliphatic heterocycles. The van der Waals surface area contributed by atoms with Crippen LogP contribution in [0.3, 0.4) is 0 Å². The van der Waals surface area contributed by atoms with E-state index in [1.54, 1.807) is 11.7 Å². The van der Waals surface area contributed by atoms with Crippen LogP contribution in [0.4, 0.5) is 5.69 Å². The number of benzene rings is 1. The average molecular weight is 426 g/mol. The molecule has 1 aromatic carbocycles. The summed E-state index contributed by atoms with van der Waals surface area (Å²) in [4.78, 5) is 40.8. The van der Waals surface area contributed by atoms with Gasteiger partial charge >= 0.3 is 11.9 Å². The number of ether oxygens (including phenoxy) is 3. The van der Waals surface area contributed by atoms with Gasteiger partial charge in [-0.1, -0.05) is 0 Å². The van der Waals surface area contributed by atoms with E-state index < -0.39 is 17.8 Å². The van der Waals surface area contributed by atoms with Gasteiger partial charge in [0.1, 0.15) is 0 Å². The van der Waals surface area contributed by atoms with Gasteiger partial charge in [0, 0.05) is 12.7 Å². The van der Waals surface area contributed by atoms with Crippen LogP contribution in [0.2, 0.25) is 0 Å². The topological polar surface area (TPSA) is 122 Å². The standard InChI is InChI=1S/C21H22N4O6/c1-11-8-12(2)22-18-17(11)19(24-25(18)3)31-10-16(26)23-15-9-13(20(27)29-4)6-7-14(15)21(28)30-5/h6-9H,10H2,1-5H3,(H,23,26). The second kappa shape index (κ2) is 8.82. The molecular weight excluding hydrogens is 404 g/mol. The lowest BCUT2D eigenvalue weighted by atomic mass is 10.1. The van der Waals surface area contributed by atoms with E-state index >= 15 is 0 Å². The van der Waals surface area contributed by atoms with Crippen LogP contribution in [0, 0.1) is 13.8 Å². The number of hydrogen-bond donors (Lipinski definition) is 1. The van der Waals surface area contributed by atoms with E-state index in [4.69, 9.17) is 9.47 Å². The number of amides is 1. The molecule has 0 saturated carbocycles. The minimum absolute atomic E-state index is 0.0855. The normalized spacial score (nSPS) is 10.6. The zero-order valence-corrected chi connectivity index (χ0v) is 17.8. The first-order valence-electron chi connectivity index (χ1n) is 9.29. The number of anilines is 1. The molecular formula is C21H22N4O6. The molecule has 10 nitrogen and oxygen atoms in total. The van der Waals surface area contributed by atoms with E-state index in [1.807, 2.05) is 19.9 Å². The van der Waals surface area contributed by atoms with Crippen molar-refractivity contribution < 1.29 is 28.6 Å². The lowest BCUT2D eigenvalue weighted by Crippen LogP contribution is -2.22. The van der Waals surface area contributed by atoms with Crippen LogP contribution in [0.1, 0.15) is 32.0 Å². The predicted octanol–water partition coefficient (Wildman–Crippen LogP) is 2.18. The van der Waals surface area contributed by atoms with Crippen molar-refractivity contribution in [3.05, 3.63) is 46.6 Å². The van der Waals surface area contributed by atoms with Crippen molar-refractivity contribution >= 4 is 34.6 Å². The van der Waals surface area contributed by atoms with Crippen LogP contribution in [0.25, 0.3) is 11.0 Å². The van der Waals surface area contributed by atoms with Crippen molar-refractivity contribution in [1.82, 2.24) is 14.8 Å². The summed E-state index contributed by atoms with van der Waals surface area (Å²) in [6.45, 7) is 3.42. The fourth-order valence-electron chi connectivity index (χ4n) is 3.15. The fraction of sp³-hybridized carbons (Fsp3) is 0.286. The molecule has 162 valence electrons. The molecule has 0 radical (unpaired) electrons. The van der Waals surface area contributed by atoms with Gasteiger partial charge in [-0.2, -0.15) is 0 Å². The molecule has 2 aromatic heterocycles. The van der Waals surface area contributed by atoms with Crippen LogP contribution in [0.5, 0.6) is 5.88 Å². The number of carbonyl (C=O) groups is 3. The predicted molar refractivity (Wildman–Crippen MR) is 111 cm³/mol. The minimum atomic E-state index is -0.666. The van der Waals surface area contributed by atoms with E-state index in [1.165, 1.54) is 32.4 Å². The van der Waals surface area contributed by atoms with Gasteiger partial charge in [-0.05, 0) is 43.7 Å². The molecule has 0 fully saturated rings. The smallest absolute Gasteiger partial charge is 0.339 e. The van der Waals surface area contributed by atoms with Gasteiger partial charge in [-0.25, -0.2) is 19.3 Å². The van der Waals surface area contributed by atoms with Gasteiger partial charge in [-0.15, -0.1) is 5.10 Å². The van der Waals surface area contributed by atoms with Gasteiger partial charge in [0.2, 0.25) is 5.88 Å². The molecule has 0 atom stereocenters. The quantitative estimate of drug-likeness (QED) is 0.595. The molecule has 0 saturated heterocycles. The third-order valence-corrected chi connectivity index (χ3v) is 4.55. The first-order chi connectivity index (χ1) is 14.7.